The highest BCUT2D eigenvalue weighted by Gasteiger charge is 2.49. The Labute approximate surface area is 134 Å². The van der Waals surface area contributed by atoms with E-state index >= 15 is 0 Å². The SMILES string of the molecule is Cc1noc(CN2C(=O)NC(C)(c3cccc(Br)c3)C2=O)n1. The van der Waals surface area contributed by atoms with E-state index in [9.17, 15) is 9.59 Å². The van der Waals surface area contributed by atoms with Gasteiger partial charge < -0.3 is 9.84 Å². The summed E-state index contributed by atoms with van der Waals surface area (Å²) in [5.41, 5.74) is -0.417. The van der Waals surface area contributed by atoms with Crippen molar-refractivity contribution in [3.05, 3.63) is 46.0 Å². The molecule has 1 atom stereocenters. The van der Waals surface area contributed by atoms with Gasteiger partial charge in [0.2, 0.25) is 5.89 Å². The lowest BCUT2D eigenvalue weighted by molar-refractivity contribution is -0.131. The van der Waals surface area contributed by atoms with Crippen LogP contribution in [0, 0.1) is 6.92 Å². The van der Waals surface area contributed by atoms with Crippen LogP contribution < -0.4 is 5.32 Å². The van der Waals surface area contributed by atoms with E-state index in [1.807, 2.05) is 12.1 Å². The van der Waals surface area contributed by atoms with Crippen molar-refractivity contribution >= 4 is 27.9 Å². The van der Waals surface area contributed by atoms with Crippen molar-refractivity contribution in [2.45, 2.75) is 25.9 Å². The van der Waals surface area contributed by atoms with Gasteiger partial charge in [0.05, 0.1) is 0 Å². The van der Waals surface area contributed by atoms with Gasteiger partial charge in [-0.3, -0.25) is 9.69 Å². The molecule has 1 aromatic heterocycles. The van der Waals surface area contributed by atoms with Crippen molar-refractivity contribution in [1.82, 2.24) is 20.4 Å². The standard InChI is InChI=1S/C14H13BrN4O3/c1-8-16-11(22-18-8)7-19-12(20)14(2,17-13(19)21)9-4-3-5-10(15)6-9/h3-6H,7H2,1-2H3,(H,17,21). The number of carbonyl (C=O) groups excluding carboxylic acids is 2. The number of nitrogens with one attached hydrogen (secondary N) is 1. The van der Waals surface area contributed by atoms with Gasteiger partial charge in [-0.15, -0.1) is 0 Å². The Balaban J connectivity index is 1.90. The summed E-state index contributed by atoms with van der Waals surface area (Å²) in [6.45, 7) is 3.30. The molecule has 22 heavy (non-hydrogen) atoms. The van der Waals surface area contributed by atoms with E-state index in [1.54, 1.807) is 26.0 Å². The van der Waals surface area contributed by atoms with Crippen LogP contribution in [-0.4, -0.2) is 27.0 Å². The minimum absolute atomic E-state index is 0.0465. The van der Waals surface area contributed by atoms with Crippen molar-refractivity contribution in [2.75, 3.05) is 0 Å². The number of hydrogen-bond acceptors (Lipinski definition) is 5. The molecule has 0 saturated carbocycles. The molecule has 0 aliphatic carbocycles. The molecule has 8 heteroatoms. The van der Waals surface area contributed by atoms with Crippen LogP contribution in [0.2, 0.25) is 0 Å². The second-order valence-corrected chi connectivity index (χ2v) is 6.11. The first-order chi connectivity index (χ1) is 10.4. The lowest BCUT2D eigenvalue weighted by Gasteiger charge is -2.22. The topological polar surface area (TPSA) is 88.3 Å². The van der Waals surface area contributed by atoms with Crippen LogP contribution in [0.3, 0.4) is 0 Å². The summed E-state index contributed by atoms with van der Waals surface area (Å²) in [6.07, 6.45) is 0. The highest BCUT2D eigenvalue weighted by molar-refractivity contribution is 9.10. The van der Waals surface area contributed by atoms with Crippen LogP contribution in [0.1, 0.15) is 24.2 Å². The molecule has 1 aromatic carbocycles. The Morgan fingerprint density at radius 1 is 1.41 bits per heavy atom. The van der Waals surface area contributed by atoms with E-state index < -0.39 is 11.6 Å². The number of imide groups is 1. The van der Waals surface area contributed by atoms with Crippen molar-refractivity contribution in [3.8, 4) is 0 Å². The molecule has 1 aliphatic heterocycles. The van der Waals surface area contributed by atoms with Gasteiger partial charge in [0.15, 0.2) is 5.82 Å². The molecule has 1 fully saturated rings. The lowest BCUT2D eigenvalue weighted by Crippen LogP contribution is -2.40. The maximum Gasteiger partial charge on any atom is 0.325 e. The number of nitrogens with zero attached hydrogens (tertiary/aromatic N) is 3. The first-order valence-electron chi connectivity index (χ1n) is 6.59. The minimum atomic E-state index is -1.12. The van der Waals surface area contributed by atoms with Crippen molar-refractivity contribution < 1.29 is 14.1 Å². The van der Waals surface area contributed by atoms with E-state index in [0.717, 1.165) is 9.37 Å². The van der Waals surface area contributed by atoms with Crippen molar-refractivity contribution in [3.63, 3.8) is 0 Å². The molecule has 0 spiro atoms. The Morgan fingerprint density at radius 2 is 2.18 bits per heavy atom. The van der Waals surface area contributed by atoms with E-state index in [1.165, 1.54) is 0 Å². The van der Waals surface area contributed by atoms with Gasteiger partial charge in [0.1, 0.15) is 12.1 Å². The normalized spacial score (nSPS) is 21.3. The first kappa shape index (κ1) is 14.7. The van der Waals surface area contributed by atoms with Crippen LogP contribution >= 0.6 is 15.9 Å². The van der Waals surface area contributed by atoms with E-state index in [-0.39, 0.29) is 18.3 Å². The first-order valence-corrected chi connectivity index (χ1v) is 7.39. The Hall–Kier alpha value is -2.22. The monoisotopic (exact) mass is 364 g/mol. The molecule has 1 aliphatic rings. The van der Waals surface area contributed by atoms with E-state index in [4.69, 9.17) is 4.52 Å². The molecule has 1 N–H and O–H groups in total. The van der Waals surface area contributed by atoms with Gasteiger partial charge in [0, 0.05) is 4.47 Å². The molecular weight excluding hydrogens is 352 g/mol. The van der Waals surface area contributed by atoms with Crippen LogP contribution in [0.5, 0.6) is 0 Å². The van der Waals surface area contributed by atoms with Crippen molar-refractivity contribution in [1.29, 1.82) is 0 Å². The molecule has 1 saturated heterocycles. The second-order valence-electron chi connectivity index (χ2n) is 5.19. The van der Waals surface area contributed by atoms with E-state index in [2.05, 4.69) is 31.4 Å². The molecule has 114 valence electrons. The molecule has 3 amide bonds. The fourth-order valence-corrected chi connectivity index (χ4v) is 2.77. The zero-order valence-electron chi connectivity index (χ0n) is 12.0. The Morgan fingerprint density at radius 3 is 2.82 bits per heavy atom. The molecular formula is C14H13BrN4O3. The summed E-state index contributed by atoms with van der Waals surface area (Å²) >= 11 is 3.37. The summed E-state index contributed by atoms with van der Waals surface area (Å²) in [4.78, 5) is 30.0. The molecule has 1 unspecified atom stereocenters. The number of amides is 3. The molecule has 0 radical (unpaired) electrons. The third-order valence-electron chi connectivity index (χ3n) is 3.54. The highest BCUT2D eigenvalue weighted by atomic mass is 79.9. The van der Waals surface area contributed by atoms with Gasteiger partial charge in [-0.2, -0.15) is 4.98 Å². The summed E-state index contributed by atoms with van der Waals surface area (Å²) < 4.78 is 5.81. The van der Waals surface area contributed by atoms with Gasteiger partial charge in [-0.1, -0.05) is 33.2 Å². The summed E-state index contributed by atoms with van der Waals surface area (Å²) in [7, 11) is 0. The molecule has 3 rings (SSSR count). The largest absolute Gasteiger partial charge is 0.337 e. The summed E-state index contributed by atoms with van der Waals surface area (Å²) in [6, 6.07) is 6.78. The van der Waals surface area contributed by atoms with E-state index in [0.29, 0.717) is 11.4 Å². The number of carbonyl (C=O) groups is 2. The number of halogens is 1. The smallest absolute Gasteiger partial charge is 0.325 e. The van der Waals surface area contributed by atoms with Gasteiger partial charge in [-0.25, -0.2) is 4.79 Å². The fourth-order valence-electron chi connectivity index (χ4n) is 2.38. The number of hydrogen-bond donors (Lipinski definition) is 1. The van der Waals surface area contributed by atoms with Gasteiger partial charge >= 0.3 is 6.03 Å². The Bertz CT molecular complexity index is 760. The average molecular weight is 365 g/mol. The van der Waals surface area contributed by atoms with Crippen molar-refractivity contribution in [2.24, 2.45) is 0 Å². The number of urea groups is 1. The third kappa shape index (κ3) is 2.39. The van der Waals surface area contributed by atoms with Gasteiger partial charge in [-0.05, 0) is 31.5 Å². The molecule has 0 bridgehead atoms. The number of benzene rings is 1. The molecule has 7 nitrogen and oxygen atoms in total. The minimum Gasteiger partial charge on any atom is -0.337 e. The number of aromatic nitrogens is 2. The quantitative estimate of drug-likeness (QED) is 0.842. The summed E-state index contributed by atoms with van der Waals surface area (Å²) in [5.74, 6) is 0.322. The zero-order valence-corrected chi connectivity index (χ0v) is 13.5. The Kier molecular flexibility index (Phi) is 3.48. The van der Waals surface area contributed by atoms with Crippen LogP contribution in [0.15, 0.2) is 33.3 Å². The van der Waals surface area contributed by atoms with Gasteiger partial charge in [0.25, 0.3) is 5.91 Å². The summed E-state index contributed by atoms with van der Waals surface area (Å²) in [5, 5.41) is 6.38. The highest BCUT2D eigenvalue weighted by Crippen LogP contribution is 2.31. The number of rotatable bonds is 3. The molecule has 2 aromatic rings. The maximum absolute atomic E-state index is 12.7. The zero-order chi connectivity index (χ0) is 15.9. The molecule has 2 heterocycles. The van der Waals surface area contributed by atoms with Crippen LogP contribution in [0.25, 0.3) is 0 Å². The van der Waals surface area contributed by atoms with Crippen LogP contribution in [0.4, 0.5) is 4.79 Å². The third-order valence-corrected chi connectivity index (χ3v) is 4.03. The average Bonchev–Trinajstić information content (AvgIpc) is 2.97. The van der Waals surface area contributed by atoms with Crippen LogP contribution in [-0.2, 0) is 16.9 Å². The lowest BCUT2D eigenvalue weighted by atomic mass is 9.92. The fraction of sp³-hybridized carbons (Fsp3) is 0.286. The second kappa shape index (κ2) is 5.20. The predicted molar refractivity (Wildman–Crippen MR) is 79.6 cm³/mol. The maximum atomic E-state index is 12.7. The predicted octanol–water partition coefficient (Wildman–Crippen LogP) is 2.11. The number of aryl methyl sites for hydroxylation is 1.